The number of benzene rings is 2. The lowest BCUT2D eigenvalue weighted by Gasteiger charge is -2.36. The van der Waals surface area contributed by atoms with Gasteiger partial charge in [-0.05, 0) is 80.9 Å². The number of carbonyl (C=O) groups is 1. The van der Waals surface area contributed by atoms with Crippen molar-refractivity contribution in [3.8, 4) is 5.75 Å². The molecule has 0 aliphatic carbocycles. The summed E-state index contributed by atoms with van der Waals surface area (Å²) in [4.78, 5) is 18.2. The Balaban J connectivity index is 1.12. The maximum atomic E-state index is 12.3. The smallest absolute Gasteiger partial charge is 0.220 e. The lowest BCUT2D eigenvalue weighted by Crippen LogP contribution is -2.39. The SMILES string of the molecule is CC[C@@]1(c2cccc(O)c2)CCCCN(CCCCCCC(=O)NCCc2c[nH]c3ccccc23)C1. The molecule has 0 bridgehead atoms. The number of fused-ring (bicyclic) bond motifs is 1. The molecule has 1 aromatic heterocycles. The van der Waals surface area contributed by atoms with E-state index in [1.807, 2.05) is 18.2 Å². The second-order valence-corrected chi connectivity index (χ2v) is 10.5. The van der Waals surface area contributed by atoms with E-state index < -0.39 is 0 Å². The van der Waals surface area contributed by atoms with Gasteiger partial charge in [-0.3, -0.25) is 4.79 Å². The van der Waals surface area contributed by atoms with Crippen LogP contribution >= 0.6 is 0 Å². The maximum Gasteiger partial charge on any atom is 0.220 e. The number of amides is 1. The van der Waals surface area contributed by atoms with E-state index in [1.165, 1.54) is 55.2 Å². The largest absolute Gasteiger partial charge is 0.508 e. The third kappa shape index (κ3) is 6.91. The number of H-pyrrole nitrogens is 1. The number of hydrogen-bond acceptors (Lipinski definition) is 3. The number of aromatic hydroxyl groups is 1. The fourth-order valence-electron chi connectivity index (χ4n) is 5.88. The Morgan fingerprint density at radius 3 is 2.81 bits per heavy atom. The van der Waals surface area contributed by atoms with Crippen molar-refractivity contribution in [1.29, 1.82) is 0 Å². The van der Waals surface area contributed by atoms with E-state index in [9.17, 15) is 9.90 Å². The summed E-state index contributed by atoms with van der Waals surface area (Å²) in [5, 5.41) is 14.4. The first-order chi connectivity index (χ1) is 17.6. The highest BCUT2D eigenvalue weighted by Crippen LogP contribution is 2.37. The molecule has 2 heterocycles. The summed E-state index contributed by atoms with van der Waals surface area (Å²) in [6.07, 6.45) is 12.7. The van der Waals surface area contributed by atoms with Gasteiger partial charge in [-0.1, -0.05) is 56.5 Å². The van der Waals surface area contributed by atoms with E-state index in [4.69, 9.17) is 0 Å². The van der Waals surface area contributed by atoms with Gasteiger partial charge in [-0.25, -0.2) is 0 Å². The number of aromatic nitrogens is 1. The highest BCUT2D eigenvalue weighted by atomic mass is 16.3. The average Bonchev–Trinajstić information content (AvgIpc) is 3.17. The fourth-order valence-corrected chi connectivity index (χ4v) is 5.88. The number of rotatable bonds is 12. The minimum absolute atomic E-state index is 0.139. The molecule has 1 saturated heterocycles. The first-order valence-electron chi connectivity index (χ1n) is 13.9. The molecular formula is C31H43N3O2. The number of phenolic OH excluding ortho intramolecular Hbond substituents is 1. The van der Waals surface area contributed by atoms with Gasteiger partial charge in [0.2, 0.25) is 5.91 Å². The molecule has 3 N–H and O–H groups in total. The van der Waals surface area contributed by atoms with Gasteiger partial charge < -0.3 is 20.3 Å². The first-order valence-corrected chi connectivity index (χ1v) is 13.9. The Morgan fingerprint density at radius 2 is 1.94 bits per heavy atom. The van der Waals surface area contributed by atoms with Crippen molar-refractivity contribution < 1.29 is 9.90 Å². The van der Waals surface area contributed by atoms with E-state index in [0.29, 0.717) is 18.7 Å². The predicted octanol–water partition coefficient (Wildman–Crippen LogP) is 6.32. The van der Waals surface area contributed by atoms with Gasteiger partial charge in [0.15, 0.2) is 0 Å². The molecule has 1 aliphatic heterocycles. The second kappa shape index (κ2) is 13.0. The van der Waals surface area contributed by atoms with Gasteiger partial charge in [0.1, 0.15) is 5.75 Å². The van der Waals surface area contributed by atoms with Crippen LogP contribution in [0.15, 0.2) is 54.7 Å². The molecule has 3 aromatic rings. The number of aromatic amines is 1. The minimum atomic E-state index is 0.139. The Kier molecular flexibility index (Phi) is 9.46. The van der Waals surface area contributed by atoms with E-state index in [0.717, 1.165) is 44.3 Å². The fraction of sp³-hybridized carbons (Fsp3) is 0.516. The molecule has 4 rings (SSSR count). The number of nitrogens with zero attached hydrogens (tertiary/aromatic N) is 1. The molecule has 1 amide bonds. The summed E-state index contributed by atoms with van der Waals surface area (Å²) in [6, 6.07) is 16.2. The number of hydrogen-bond donors (Lipinski definition) is 3. The zero-order valence-electron chi connectivity index (χ0n) is 21.9. The van der Waals surface area contributed by atoms with Crippen molar-refractivity contribution in [2.75, 3.05) is 26.2 Å². The van der Waals surface area contributed by atoms with Gasteiger partial charge in [0.25, 0.3) is 0 Å². The van der Waals surface area contributed by atoms with Crippen molar-refractivity contribution in [3.05, 3.63) is 65.9 Å². The molecule has 0 radical (unpaired) electrons. The molecule has 1 fully saturated rings. The van der Waals surface area contributed by atoms with Crippen LogP contribution in [0.4, 0.5) is 0 Å². The van der Waals surface area contributed by atoms with Crippen LogP contribution in [-0.4, -0.2) is 47.1 Å². The van der Waals surface area contributed by atoms with Gasteiger partial charge in [-0.15, -0.1) is 0 Å². The van der Waals surface area contributed by atoms with Crippen LogP contribution in [0, 0.1) is 0 Å². The van der Waals surface area contributed by atoms with Gasteiger partial charge in [0.05, 0.1) is 0 Å². The van der Waals surface area contributed by atoms with Crippen molar-refractivity contribution >= 4 is 16.8 Å². The summed E-state index contributed by atoms with van der Waals surface area (Å²) in [5.41, 5.74) is 3.84. The molecular weight excluding hydrogens is 446 g/mol. The molecule has 0 spiro atoms. The van der Waals surface area contributed by atoms with Crippen LogP contribution in [-0.2, 0) is 16.6 Å². The summed E-state index contributed by atoms with van der Waals surface area (Å²) >= 11 is 0. The third-order valence-electron chi connectivity index (χ3n) is 8.06. The van der Waals surface area contributed by atoms with Crippen LogP contribution in [0.25, 0.3) is 10.9 Å². The standard InChI is InChI=1S/C31H43N3O2/c1-2-31(26-12-11-13-27(35)22-26)18-8-10-21-34(24-31)20-9-4-3-5-16-30(36)32-19-17-25-23-33-29-15-7-6-14-28(25)29/h6-7,11-15,22-23,33,35H,2-5,8-10,16-21,24H2,1H3,(H,32,36)/t31-/m1/s1. The van der Waals surface area contributed by atoms with Crippen molar-refractivity contribution in [1.82, 2.24) is 15.2 Å². The van der Waals surface area contributed by atoms with Crippen LogP contribution in [0.3, 0.4) is 0 Å². The first kappa shape index (κ1) is 26.3. The number of nitrogens with one attached hydrogen (secondary N) is 2. The Hall–Kier alpha value is -2.79. The molecule has 2 aromatic carbocycles. The molecule has 194 valence electrons. The Morgan fingerprint density at radius 1 is 1.08 bits per heavy atom. The van der Waals surface area contributed by atoms with Crippen LogP contribution in [0.2, 0.25) is 0 Å². The lowest BCUT2D eigenvalue weighted by molar-refractivity contribution is -0.121. The Bertz CT molecular complexity index is 1110. The zero-order valence-corrected chi connectivity index (χ0v) is 21.9. The summed E-state index contributed by atoms with van der Waals surface area (Å²) in [6.45, 7) is 6.34. The van der Waals surface area contributed by atoms with Crippen LogP contribution in [0.1, 0.15) is 75.8 Å². The zero-order chi connectivity index (χ0) is 25.2. The number of carbonyl (C=O) groups excluding carboxylic acids is 1. The molecule has 0 unspecified atom stereocenters. The van der Waals surface area contributed by atoms with Crippen LogP contribution in [0.5, 0.6) is 5.75 Å². The molecule has 36 heavy (non-hydrogen) atoms. The van der Waals surface area contributed by atoms with E-state index >= 15 is 0 Å². The summed E-state index contributed by atoms with van der Waals surface area (Å²) < 4.78 is 0. The third-order valence-corrected chi connectivity index (χ3v) is 8.06. The van der Waals surface area contributed by atoms with Crippen molar-refractivity contribution in [3.63, 3.8) is 0 Å². The number of unbranched alkanes of at least 4 members (excludes halogenated alkanes) is 3. The lowest BCUT2D eigenvalue weighted by atomic mass is 9.74. The number of phenols is 1. The average molecular weight is 490 g/mol. The highest BCUT2D eigenvalue weighted by molar-refractivity contribution is 5.83. The molecule has 1 atom stereocenters. The quantitative estimate of drug-likeness (QED) is 0.261. The maximum absolute atomic E-state index is 12.3. The second-order valence-electron chi connectivity index (χ2n) is 10.5. The van der Waals surface area contributed by atoms with Gasteiger partial charge in [0, 0.05) is 42.0 Å². The monoisotopic (exact) mass is 489 g/mol. The number of para-hydroxylation sites is 1. The van der Waals surface area contributed by atoms with E-state index in [2.05, 4.69) is 52.6 Å². The van der Waals surface area contributed by atoms with Gasteiger partial charge in [-0.2, -0.15) is 0 Å². The molecule has 0 saturated carbocycles. The Labute approximate surface area is 216 Å². The van der Waals surface area contributed by atoms with Gasteiger partial charge >= 0.3 is 0 Å². The minimum Gasteiger partial charge on any atom is -0.508 e. The normalized spacial score (nSPS) is 18.8. The molecule has 5 nitrogen and oxygen atoms in total. The van der Waals surface area contributed by atoms with Crippen molar-refractivity contribution in [2.24, 2.45) is 0 Å². The van der Waals surface area contributed by atoms with E-state index in [-0.39, 0.29) is 11.3 Å². The van der Waals surface area contributed by atoms with Crippen molar-refractivity contribution in [2.45, 2.75) is 76.5 Å². The molecule has 1 aliphatic rings. The molecule has 5 heteroatoms. The topological polar surface area (TPSA) is 68.4 Å². The highest BCUT2D eigenvalue weighted by Gasteiger charge is 2.34. The summed E-state index contributed by atoms with van der Waals surface area (Å²) in [7, 11) is 0. The number of likely N-dealkylation sites (tertiary alicyclic amines) is 1. The van der Waals surface area contributed by atoms with Crippen LogP contribution < -0.4 is 5.32 Å². The summed E-state index contributed by atoms with van der Waals surface area (Å²) in [5.74, 6) is 0.541. The predicted molar refractivity (Wildman–Crippen MR) is 148 cm³/mol. The van der Waals surface area contributed by atoms with E-state index in [1.54, 1.807) is 6.07 Å².